The van der Waals surface area contributed by atoms with Crippen LogP contribution in [0.2, 0.25) is 0 Å². The molecule has 1 aromatic rings. The first-order valence-electron chi connectivity index (χ1n) is 10.5. The van der Waals surface area contributed by atoms with Crippen LogP contribution in [0.25, 0.3) is 0 Å². The van der Waals surface area contributed by atoms with Crippen LogP contribution in [0.5, 0.6) is 11.5 Å². The lowest BCUT2D eigenvalue weighted by atomic mass is 9.97. The molecule has 0 saturated carbocycles. The quantitative estimate of drug-likeness (QED) is 0.651. The SMILES string of the molecule is CCOC(=O)C1CCN(C(=O)CN2CCC[C@@H]2c2ccc(OC)cc2OC)CC1. The third-order valence-corrected chi connectivity index (χ3v) is 5.97. The third kappa shape index (κ3) is 5.01. The van der Waals surface area contributed by atoms with Gasteiger partial charge in [-0.05, 0) is 45.2 Å². The van der Waals surface area contributed by atoms with E-state index in [0.29, 0.717) is 39.1 Å². The van der Waals surface area contributed by atoms with Gasteiger partial charge in [0.2, 0.25) is 5.91 Å². The fourth-order valence-electron chi connectivity index (χ4n) is 4.36. The van der Waals surface area contributed by atoms with E-state index in [-0.39, 0.29) is 23.8 Å². The molecule has 7 nitrogen and oxygen atoms in total. The highest BCUT2D eigenvalue weighted by Gasteiger charge is 2.33. The van der Waals surface area contributed by atoms with Gasteiger partial charge in [-0.15, -0.1) is 0 Å². The predicted molar refractivity (Wildman–Crippen MR) is 109 cm³/mol. The van der Waals surface area contributed by atoms with E-state index >= 15 is 0 Å². The first-order chi connectivity index (χ1) is 14.1. The molecule has 0 bridgehead atoms. The fraction of sp³-hybridized carbons (Fsp3) is 0.636. The molecule has 0 radical (unpaired) electrons. The normalized spacial score (nSPS) is 20.5. The molecule has 160 valence electrons. The van der Waals surface area contributed by atoms with Crippen LogP contribution in [-0.2, 0) is 14.3 Å². The molecule has 1 amide bonds. The minimum Gasteiger partial charge on any atom is -0.497 e. The third-order valence-electron chi connectivity index (χ3n) is 5.97. The Kier molecular flexibility index (Phi) is 7.36. The van der Waals surface area contributed by atoms with Crippen molar-refractivity contribution in [3.05, 3.63) is 23.8 Å². The first kappa shape index (κ1) is 21.4. The molecule has 29 heavy (non-hydrogen) atoms. The van der Waals surface area contributed by atoms with Crippen LogP contribution in [0.15, 0.2) is 18.2 Å². The molecule has 2 saturated heterocycles. The lowest BCUT2D eigenvalue weighted by molar-refractivity contribution is -0.151. The Morgan fingerprint density at radius 1 is 1.07 bits per heavy atom. The van der Waals surface area contributed by atoms with Gasteiger partial charge in [-0.3, -0.25) is 14.5 Å². The van der Waals surface area contributed by atoms with Gasteiger partial charge in [0.1, 0.15) is 11.5 Å². The van der Waals surface area contributed by atoms with E-state index in [1.54, 1.807) is 14.2 Å². The monoisotopic (exact) mass is 404 g/mol. The molecule has 2 aliphatic heterocycles. The molecule has 0 N–H and O–H groups in total. The Hall–Kier alpha value is -2.28. The Labute approximate surface area is 172 Å². The van der Waals surface area contributed by atoms with Gasteiger partial charge in [0, 0.05) is 30.8 Å². The highest BCUT2D eigenvalue weighted by molar-refractivity contribution is 5.79. The van der Waals surface area contributed by atoms with Gasteiger partial charge in [0.25, 0.3) is 0 Å². The van der Waals surface area contributed by atoms with Gasteiger partial charge in [-0.25, -0.2) is 0 Å². The highest BCUT2D eigenvalue weighted by atomic mass is 16.5. The number of carbonyl (C=O) groups excluding carboxylic acids is 2. The fourth-order valence-corrected chi connectivity index (χ4v) is 4.36. The van der Waals surface area contributed by atoms with E-state index < -0.39 is 0 Å². The maximum Gasteiger partial charge on any atom is 0.309 e. The molecule has 2 fully saturated rings. The van der Waals surface area contributed by atoms with Crippen LogP contribution in [0.1, 0.15) is 44.2 Å². The Balaban J connectivity index is 1.60. The summed E-state index contributed by atoms with van der Waals surface area (Å²) < 4.78 is 16.0. The number of ether oxygens (including phenoxy) is 3. The summed E-state index contributed by atoms with van der Waals surface area (Å²) in [7, 11) is 3.30. The van der Waals surface area contributed by atoms with Crippen molar-refractivity contribution in [3.8, 4) is 11.5 Å². The predicted octanol–water partition coefficient (Wildman–Crippen LogP) is 2.64. The van der Waals surface area contributed by atoms with E-state index in [1.807, 2.05) is 30.0 Å². The number of hydrogen-bond donors (Lipinski definition) is 0. The summed E-state index contributed by atoms with van der Waals surface area (Å²) >= 11 is 0. The second kappa shape index (κ2) is 9.96. The number of likely N-dealkylation sites (tertiary alicyclic amines) is 2. The van der Waals surface area contributed by atoms with Crippen molar-refractivity contribution in [2.75, 3.05) is 47.0 Å². The Morgan fingerprint density at radius 2 is 1.83 bits per heavy atom. The summed E-state index contributed by atoms with van der Waals surface area (Å²) in [5.74, 6) is 1.47. The number of methoxy groups -OCH3 is 2. The van der Waals surface area contributed by atoms with E-state index in [0.717, 1.165) is 36.4 Å². The van der Waals surface area contributed by atoms with Gasteiger partial charge in [-0.2, -0.15) is 0 Å². The first-order valence-corrected chi connectivity index (χ1v) is 10.5. The largest absolute Gasteiger partial charge is 0.497 e. The lowest BCUT2D eigenvalue weighted by Gasteiger charge is -2.33. The summed E-state index contributed by atoms with van der Waals surface area (Å²) in [5.41, 5.74) is 1.10. The summed E-state index contributed by atoms with van der Waals surface area (Å²) in [4.78, 5) is 28.9. The summed E-state index contributed by atoms with van der Waals surface area (Å²) in [6.45, 7) is 4.75. The topological polar surface area (TPSA) is 68.3 Å². The maximum atomic E-state index is 12.9. The van der Waals surface area contributed by atoms with Crippen molar-refractivity contribution in [2.24, 2.45) is 5.92 Å². The van der Waals surface area contributed by atoms with Crippen LogP contribution in [-0.4, -0.2) is 68.7 Å². The van der Waals surface area contributed by atoms with Crippen molar-refractivity contribution in [2.45, 2.75) is 38.6 Å². The summed E-state index contributed by atoms with van der Waals surface area (Å²) in [6.07, 6.45) is 3.42. The Bertz CT molecular complexity index is 715. The van der Waals surface area contributed by atoms with Gasteiger partial charge in [0.05, 0.1) is 33.3 Å². The molecular formula is C22H32N2O5. The van der Waals surface area contributed by atoms with Crippen LogP contribution in [0.3, 0.4) is 0 Å². The minimum atomic E-state index is -0.134. The molecule has 2 heterocycles. The minimum absolute atomic E-state index is 0.0814. The average molecular weight is 405 g/mol. The Morgan fingerprint density at radius 3 is 2.48 bits per heavy atom. The van der Waals surface area contributed by atoms with Crippen LogP contribution in [0, 0.1) is 5.92 Å². The number of piperidine rings is 1. The number of carbonyl (C=O) groups is 2. The second-order valence-electron chi connectivity index (χ2n) is 7.64. The summed E-state index contributed by atoms with van der Waals surface area (Å²) in [5, 5.41) is 0. The highest BCUT2D eigenvalue weighted by Crippen LogP contribution is 2.38. The van der Waals surface area contributed by atoms with Crippen molar-refractivity contribution in [3.63, 3.8) is 0 Å². The molecule has 3 rings (SSSR count). The van der Waals surface area contributed by atoms with Crippen LogP contribution >= 0.6 is 0 Å². The van der Waals surface area contributed by atoms with E-state index in [9.17, 15) is 9.59 Å². The maximum absolute atomic E-state index is 12.9. The van der Waals surface area contributed by atoms with Crippen molar-refractivity contribution in [1.82, 2.24) is 9.80 Å². The number of benzene rings is 1. The molecule has 7 heteroatoms. The average Bonchev–Trinajstić information content (AvgIpc) is 3.21. The van der Waals surface area contributed by atoms with Crippen LogP contribution < -0.4 is 9.47 Å². The van der Waals surface area contributed by atoms with Crippen molar-refractivity contribution >= 4 is 11.9 Å². The van der Waals surface area contributed by atoms with Gasteiger partial charge in [0.15, 0.2) is 0 Å². The second-order valence-corrected chi connectivity index (χ2v) is 7.64. The number of esters is 1. The number of rotatable bonds is 7. The van der Waals surface area contributed by atoms with E-state index in [2.05, 4.69) is 4.90 Å². The number of hydrogen-bond acceptors (Lipinski definition) is 6. The van der Waals surface area contributed by atoms with Gasteiger partial charge < -0.3 is 19.1 Å². The molecular weight excluding hydrogens is 372 g/mol. The van der Waals surface area contributed by atoms with E-state index in [1.165, 1.54) is 0 Å². The summed E-state index contributed by atoms with van der Waals surface area (Å²) in [6, 6.07) is 6.04. The zero-order valence-electron chi connectivity index (χ0n) is 17.7. The lowest BCUT2D eigenvalue weighted by Crippen LogP contribution is -2.45. The molecule has 0 spiro atoms. The van der Waals surface area contributed by atoms with Crippen LogP contribution in [0.4, 0.5) is 0 Å². The van der Waals surface area contributed by atoms with E-state index in [4.69, 9.17) is 14.2 Å². The molecule has 0 aliphatic carbocycles. The number of amides is 1. The molecule has 1 aromatic carbocycles. The smallest absolute Gasteiger partial charge is 0.309 e. The molecule has 1 atom stereocenters. The molecule has 0 unspecified atom stereocenters. The zero-order chi connectivity index (χ0) is 20.8. The van der Waals surface area contributed by atoms with Gasteiger partial charge in [-0.1, -0.05) is 6.07 Å². The molecule has 0 aromatic heterocycles. The van der Waals surface area contributed by atoms with Gasteiger partial charge >= 0.3 is 5.97 Å². The van der Waals surface area contributed by atoms with Crippen molar-refractivity contribution < 1.29 is 23.8 Å². The zero-order valence-corrected chi connectivity index (χ0v) is 17.7. The van der Waals surface area contributed by atoms with Crippen molar-refractivity contribution in [1.29, 1.82) is 0 Å². The number of nitrogens with zero attached hydrogens (tertiary/aromatic N) is 2. The molecule has 2 aliphatic rings. The standard InChI is InChI=1S/C22H32N2O5/c1-4-29-22(26)16-9-12-23(13-10-16)21(25)15-24-11-5-6-19(24)18-8-7-17(27-2)14-20(18)28-3/h7-8,14,16,19H,4-6,9-13,15H2,1-3H3/t19-/m1/s1.